The quantitative estimate of drug-likeness (QED) is 0.387. The Kier molecular flexibility index (Phi) is 10.8. The Hall–Kier alpha value is -2.88. The van der Waals surface area contributed by atoms with Crippen molar-refractivity contribution in [2.75, 3.05) is 19.6 Å². The summed E-state index contributed by atoms with van der Waals surface area (Å²) >= 11 is 0. The van der Waals surface area contributed by atoms with Crippen LogP contribution in [0.2, 0.25) is 0 Å². The second kappa shape index (κ2) is 13.0. The minimum Gasteiger partial charge on any atom is -0.372 e. The van der Waals surface area contributed by atoms with Crippen LogP contribution >= 0.6 is 0 Å². The van der Waals surface area contributed by atoms with Gasteiger partial charge in [0.1, 0.15) is 6.04 Å². The largest absolute Gasteiger partial charge is 0.470 e. The second-order valence-corrected chi connectivity index (χ2v) is 11.6. The normalized spacial score (nSPS) is 27.0. The summed E-state index contributed by atoms with van der Waals surface area (Å²) < 4.78 is 38.0. The number of nitriles is 1. The van der Waals surface area contributed by atoms with Gasteiger partial charge < -0.3 is 26.0 Å². The third-order valence-electron chi connectivity index (χ3n) is 8.00. The lowest BCUT2D eigenvalue weighted by molar-refractivity contribution is -0.169. The van der Waals surface area contributed by atoms with E-state index < -0.39 is 18.1 Å². The van der Waals surface area contributed by atoms with Gasteiger partial charge in [-0.2, -0.15) is 18.4 Å². The lowest BCUT2D eigenvalue weighted by Gasteiger charge is -2.25. The number of piperidine rings is 2. The van der Waals surface area contributed by atoms with Crippen LogP contribution in [0.3, 0.4) is 0 Å². The average molecular weight is 560 g/mol. The van der Waals surface area contributed by atoms with Crippen molar-refractivity contribution < 1.29 is 37.1 Å². The van der Waals surface area contributed by atoms with Crippen LogP contribution in [-0.4, -0.2) is 72.6 Å². The highest BCUT2D eigenvalue weighted by Crippen LogP contribution is 2.62. The highest BCUT2D eigenvalue weighted by atomic mass is 19.4. The lowest BCUT2D eigenvalue weighted by atomic mass is 9.92. The summed E-state index contributed by atoms with van der Waals surface area (Å²) in [6.07, 6.45) is 0.682. The van der Waals surface area contributed by atoms with Crippen molar-refractivity contribution in [2.24, 2.45) is 28.9 Å². The Bertz CT molecular complexity index is 933. The number of carbonyl (C=O) groups is 4. The molecular weight excluding hydrogens is 519 g/mol. The molecule has 39 heavy (non-hydrogen) atoms. The first kappa shape index (κ1) is 32.3. The number of alkyl halides is 3. The zero-order chi connectivity index (χ0) is 29.6. The monoisotopic (exact) mass is 559 g/mol. The Morgan fingerprint density at radius 3 is 2.28 bits per heavy atom. The van der Waals surface area contributed by atoms with Gasteiger partial charge in [-0.3, -0.25) is 19.2 Å². The number of hydrogen-bond donors (Lipinski definition) is 3. The van der Waals surface area contributed by atoms with Crippen molar-refractivity contribution in [3.63, 3.8) is 0 Å². The fraction of sp³-hybridized carbons (Fsp3) is 0.808. The van der Waals surface area contributed by atoms with Gasteiger partial charge in [-0.25, -0.2) is 0 Å². The van der Waals surface area contributed by atoms with E-state index in [0.29, 0.717) is 31.2 Å². The molecule has 4 N–H and O–H groups in total. The number of likely N-dealkylation sites (tertiary alicyclic amines) is 1. The van der Waals surface area contributed by atoms with Crippen molar-refractivity contribution in [3.05, 3.63) is 0 Å². The molecule has 0 spiro atoms. The molecule has 2 heterocycles. The molecule has 0 radical (unpaired) electrons. The van der Waals surface area contributed by atoms with E-state index in [0.717, 1.165) is 50.6 Å². The molecule has 0 aromatic rings. The molecule has 4 fully saturated rings. The first-order chi connectivity index (χ1) is 18.0. The van der Waals surface area contributed by atoms with E-state index in [1.807, 2.05) is 13.0 Å². The first-order valence-corrected chi connectivity index (χ1v) is 13.2. The fourth-order valence-electron chi connectivity index (χ4n) is 5.12. The van der Waals surface area contributed by atoms with Crippen molar-refractivity contribution >= 4 is 24.1 Å². The van der Waals surface area contributed by atoms with E-state index in [9.17, 15) is 27.6 Å². The van der Waals surface area contributed by atoms with Gasteiger partial charge in [0.2, 0.25) is 18.2 Å². The SMILES string of the molecule is C[C@H](CC(=O)N1CC2C(C1)C2(C)C)OC1(C)CC1.N#CC(CC1CCCNC1=O)NC=O.NC(=O)C(F)(F)F. The Morgan fingerprint density at radius 2 is 1.85 bits per heavy atom. The third-order valence-corrected chi connectivity index (χ3v) is 8.00. The summed E-state index contributed by atoms with van der Waals surface area (Å²) in [7, 11) is 0. The number of primary amides is 1. The molecule has 4 unspecified atom stereocenters. The van der Waals surface area contributed by atoms with Crippen LogP contribution in [-0.2, 0) is 23.9 Å². The summed E-state index contributed by atoms with van der Waals surface area (Å²) in [4.78, 5) is 44.8. The van der Waals surface area contributed by atoms with E-state index in [1.165, 1.54) is 0 Å². The molecule has 13 heteroatoms. The standard InChI is InChI=1S/C15H25NO2.C9H13N3O2.C2H2F3NO/c1-10(18-15(4)5-6-15)7-13(17)16-8-11-12(9-16)14(11,2)3;10-5-8(12-6-13)4-7-2-1-3-11-9(7)14;3-2(4,5)1(6)7/h10-12H,5-9H2,1-4H3;6-8H,1-4H2,(H,11,14)(H,12,13);(H2,6,7)/t10-,11?,12?;;/m1../s1. The zero-order valence-corrected chi connectivity index (χ0v) is 23.0. The summed E-state index contributed by atoms with van der Waals surface area (Å²) in [6, 6.07) is 1.39. The molecule has 220 valence electrons. The maximum atomic E-state index is 12.2. The van der Waals surface area contributed by atoms with Crippen molar-refractivity contribution in [2.45, 2.75) is 90.1 Å². The maximum Gasteiger partial charge on any atom is 0.470 e. The van der Waals surface area contributed by atoms with Gasteiger partial charge in [-0.05, 0) is 63.2 Å². The number of nitrogens with one attached hydrogen (secondary N) is 2. The number of nitrogens with zero attached hydrogens (tertiary/aromatic N) is 2. The topological polar surface area (TPSA) is 155 Å². The first-order valence-electron chi connectivity index (χ1n) is 13.2. The van der Waals surface area contributed by atoms with Crippen molar-refractivity contribution in [1.29, 1.82) is 5.26 Å². The van der Waals surface area contributed by atoms with Crippen LogP contribution in [0.1, 0.15) is 66.2 Å². The number of hydrogen-bond acceptors (Lipinski definition) is 6. The molecule has 0 aromatic heterocycles. The number of ether oxygens (including phenoxy) is 1. The summed E-state index contributed by atoms with van der Waals surface area (Å²) in [5, 5.41) is 13.8. The van der Waals surface area contributed by atoms with E-state index in [2.05, 4.69) is 42.0 Å². The number of rotatable bonds is 8. The summed E-state index contributed by atoms with van der Waals surface area (Å²) in [5.74, 6) is -0.621. The van der Waals surface area contributed by atoms with Crippen molar-refractivity contribution in [3.8, 4) is 6.07 Å². The molecule has 0 aromatic carbocycles. The Morgan fingerprint density at radius 1 is 1.28 bits per heavy atom. The number of amides is 4. The van der Waals surface area contributed by atoms with Gasteiger partial charge in [0.25, 0.3) is 0 Å². The molecule has 2 saturated heterocycles. The molecule has 10 nitrogen and oxygen atoms in total. The molecule has 5 atom stereocenters. The fourth-order valence-corrected chi connectivity index (χ4v) is 5.12. The summed E-state index contributed by atoms with van der Waals surface area (Å²) in [6.45, 7) is 11.5. The van der Waals surface area contributed by atoms with Gasteiger partial charge in [-0.1, -0.05) is 13.8 Å². The van der Waals surface area contributed by atoms with Gasteiger partial charge in [-0.15, -0.1) is 0 Å². The zero-order valence-electron chi connectivity index (χ0n) is 23.0. The van der Waals surface area contributed by atoms with Crippen LogP contribution in [0.15, 0.2) is 0 Å². The highest BCUT2D eigenvalue weighted by Gasteiger charge is 2.62. The van der Waals surface area contributed by atoms with E-state index in [4.69, 9.17) is 14.8 Å². The highest BCUT2D eigenvalue weighted by molar-refractivity contribution is 5.80. The van der Waals surface area contributed by atoms with Crippen LogP contribution in [0.4, 0.5) is 13.2 Å². The molecular formula is C26H40F3N5O5. The minimum atomic E-state index is -4.86. The minimum absolute atomic E-state index is 0.0100. The summed E-state index contributed by atoms with van der Waals surface area (Å²) in [5.41, 5.74) is 4.37. The average Bonchev–Trinajstić information content (AvgIpc) is 3.57. The van der Waals surface area contributed by atoms with Crippen molar-refractivity contribution in [1.82, 2.24) is 15.5 Å². The molecule has 4 aliphatic rings. The molecule has 4 amide bonds. The Balaban J connectivity index is 0.000000227. The molecule has 0 bridgehead atoms. The van der Waals surface area contributed by atoms with Crippen LogP contribution in [0.5, 0.6) is 0 Å². The van der Waals surface area contributed by atoms with Gasteiger partial charge in [0.15, 0.2) is 0 Å². The van der Waals surface area contributed by atoms with Gasteiger partial charge >= 0.3 is 12.1 Å². The number of nitrogens with two attached hydrogens (primary N) is 1. The predicted octanol–water partition coefficient (Wildman–Crippen LogP) is 2.02. The Labute approximate surface area is 227 Å². The van der Waals surface area contributed by atoms with Crippen LogP contribution in [0.25, 0.3) is 0 Å². The van der Waals surface area contributed by atoms with Crippen LogP contribution in [0, 0.1) is 34.5 Å². The number of fused-ring (bicyclic) bond motifs is 1. The van der Waals surface area contributed by atoms with E-state index >= 15 is 0 Å². The second-order valence-electron chi connectivity index (χ2n) is 11.6. The smallest absolute Gasteiger partial charge is 0.372 e. The van der Waals surface area contributed by atoms with E-state index in [-0.39, 0.29) is 29.4 Å². The maximum absolute atomic E-state index is 12.2. The molecule has 2 saturated carbocycles. The van der Waals surface area contributed by atoms with Crippen LogP contribution < -0.4 is 16.4 Å². The lowest BCUT2D eigenvalue weighted by Crippen LogP contribution is -2.40. The number of carbonyl (C=O) groups excluding carboxylic acids is 4. The number of halogens is 3. The molecule has 2 aliphatic carbocycles. The molecule has 2 aliphatic heterocycles. The third kappa shape index (κ3) is 9.67. The van der Waals surface area contributed by atoms with E-state index in [1.54, 1.807) is 0 Å². The molecule has 4 rings (SSSR count). The van der Waals surface area contributed by atoms with Gasteiger partial charge in [0, 0.05) is 25.6 Å². The predicted molar refractivity (Wildman–Crippen MR) is 134 cm³/mol. The van der Waals surface area contributed by atoms with Gasteiger partial charge in [0.05, 0.1) is 24.2 Å².